The molecule has 2 aromatic carbocycles. The summed E-state index contributed by atoms with van der Waals surface area (Å²) in [6.07, 6.45) is 4.93. The van der Waals surface area contributed by atoms with Crippen molar-refractivity contribution in [1.29, 1.82) is 0 Å². The highest BCUT2D eigenvalue weighted by Gasteiger charge is 2.23. The van der Waals surface area contributed by atoms with Crippen LogP contribution in [0.25, 0.3) is 11.1 Å². The van der Waals surface area contributed by atoms with E-state index in [9.17, 15) is 9.59 Å². The molecule has 2 atom stereocenters. The second-order valence-electron chi connectivity index (χ2n) is 9.93. The van der Waals surface area contributed by atoms with E-state index < -0.39 is 5.97 Å². The fourth-order valence-corrected chi connectivity index (χ4v) is 5.20. The molecule has 1 N–H and O–H groups in total. The number of hydrogen-bond donors (Lipinski definition) is 1. The van der Waals surface area contributed by atoms with Crippen molar-refractivity contribution in [1.82, 2.24) is 9.80 Å². The van der Waals surface area contributed by atoms with Gasteiger partial charge in [-0.15, -0.1) is 0 Å². The highest BCUT2D eigenvalue weighted by Crippen LogP contribution is 2.27. The maximum Gasteiger partial charge on any atom is 0.303 e. The largest absolute Gasteiger partial charge is 0.481 e. The quantitative estimate of drug-likeness (QED) is 0.632. The van der Waals surface area contributed by atoms with Crippen molar-refractivity contribution in [2.75, 3.05) is 19.6 Å². The Kier molecular flexibility index (Phi) is 7.49. The highest BCUT2D eigenvalue weighted by atomic mass is 16.4. The molecular formula is C28H36N2O3. The zero-order valence-corrected chi connectivity index (χ0v) is 19.9. The molecule has 2 aliphatic rings. The van der Waals surface area contributed by atoms with Gasteiger partial charge in [0, 0.05) is 38.5 Å². The monoisotopic (exact) mass is 448 g/mol. The minimum atomic E-state index is -0.846. The molecule has 5 heteroatoms. The van der Waals surface area contributed by atoms with Gasteiger partial charge in [-0.05, 0) is 72.9 Å². The number of likely N-dealkylation sites (tertiary alicyclic amines) is 1. The minimum absolute atomic E-state index is 0.0374. The van der Waals surface area contributed by atoms with Gasteiger partial charge >= 0.3 is 5.97 Å². The molecule has 2 aromatic rings. The van der Waals surface area contributed by atoms with Crippen LogP contribution in [0.2, 0.25) is 0 Å². The first-order chi connectivity index (χ1) is 15.9. The first kappa shape index (κ1) is 23.5. The van der Waals surface area contributed by atoms with E-state index in [1.807, 2.05) is 11.8 Å². The van der Waals surface area contributed by atoms with Crippen LogP contribution < -0.4 is 0 Å². The van der Waals surface area contributed by atoms with Crippen LogP contribution in [0, 0.1) is 5.92 Å². The van der Waals surface area contributed by atoms with Crippen molar-refractivity contribution in [3.63, 3.8) is 0 Å². The van der Waals surface area contributed by atoms with Gasteiger partial charge in [0.2, 0.25) is 5.91 Å². The average molecular weight is 449 g/mol. The molecule has 0 aliphatic carbocycles. The Labute approximate surface area is 197 Å². The number of carbonyl (C=O) groups excluding carboxylic acids is 1. The summed E-state index contributed by atoms with van der Waals surface area (Å²) in [7, 11) is 0. The normalized spacial score (nSPS) is 19.3. The Bertz CT molecular complexity index is 985. The molecule has 0 bridgehead atoms. The van der Waals surface area contributed by atoms with Crippen molar-refractivity contribution in [2.24, 2.45) is 5.92 Å². The van der Waals surface area contributed by atoms with Gasteiger partial charge in [-0.1, -0.05) is 49.4 Å². The van der Waals surface area contributed by atoms with Gasteiger partial charge in [-0.2, -0.15) is 0 Å². The molecule has 2 heterocycles. The van der Waals surface area contributed by atoms with Gasteiger partial charge in [0.25, 0.3) is 0 Å². The zero-order chi connectivity index (χ0) is 23.4. The van der Waals surface area contributed by atoms with E-state index in [-0.39, 0.29) is 18.2 Å². The number of hydrogen-bond acceptors (Lipinski definition) is 3. The summed E-state index contributed by atoms with van der Waals surface area (Å²) in [4.78, 5) is 27.9. The van der Waals surface area contributed by atoms with Crippen LogP contribution in [0.5, 0.6) is 0 Å². The second kappa shape index (κ2) is 10.5. The van der Waals surface area contributed by atoms with E-state index in [0.29, 0.717) is 19.5 Å². The van der Waals surface area contributed by atoms with E-state index in [1.165, 1.54) is 47.2 Å². The predicted molar refractivity (Wildman–Crippen MR) is 131 cm³/mol. The molecule has 33 heavy (non-hydrogen) atoms. The van der Waals surface area contributed by atoms with Crippen LogP contribution in [-0.4, -0.2) is 52.5 Å². The van der Waals surface area contributed by atoms with E-state index in [1.54, 1.807) is 0 Å². The van der Waals surface area contributed by atoms with Gasteiger partial charge in [-0.3, -0.25) is 9.59 Å². The van der Waals surface area contributed by atoms with Crippen molar-refractivity contribution in [2.45, 2.75) is 65.0 Å². The molecule has 2 unspecified atom stereocenters. The lowest BCUT2D eigenvalue weighted by Crippen LogP contribution is -2.36. The van der Waals surface area contributed by atoms with Crippen LogP contribution in [0.15, 0.2) is 42.5 Å². The average Bonchev–Trinajstić information content (AvgIpc) is 3.21. The second-order valence-corrected chi connectivity index (χ2v) is 9.93. The summed E-state index contributed by atoms with van der Waals surface area (Å²) in [6.45, 7) is 7.85. The third kappa shape index (κ3) is 6.02. The van der Waals surface area contributed by atoms with Gasteiger partial charge < -0.3 is 14.9 Å². The molecule has 1 amide bonds. The number of amides is 1. The summed E-state index contributed by atoms with van der Waals surface area (Å²) in [5.74, 6) is -0.932. The van der Waals surface area contributed by atoms with Crippen LogP contribution in [0.4, 0.5) is 0 Å². The smallest absolute Gasteiger partial charge is 0.303 e. The van der Waals surface area contributed by atoms with E-state index in [2.05, 4.69) is 54.3 Å². The number of nitrogens with zero attached hydrogens (tertiary/aromatic N) is 2. The Morgan fingerprint density at radius 1 is 1.03 bits per heavy atom. The lowest BCUT2D eigenvalue weighted by atomic mass is 9.93. The van der Waals surface area contributed by atoms with E-state index in [4.69, 9.17) is 5.11 Å². The maximum absolute atomic E-state index is 12.6. The standard InChI is InChI=1S/C28H36N2O3/c1-20(17-28(32)33)16-27(31)30-15-12-25-18-24(9-10-26(25)19-30)23-7-5-22(6-8-23)11-14-29-13-3-4-21(29)2/h5-10,18,20-21H,3-4,11-17,19H2,1-2H3,(H,32,33). The van der Waals surface area contributed by atoms with Crippen LogP contribution in [0.1, 0.15) is 56.2 Å². The van der Waals surface area contributed by atoms with Gasteiger partial charge in [0.15, 0.2) is 0 Å². The number of rotatable bonds is 8. The molecule has 0 spiro atoms. The summed E-state index contributed by atoms with van der Waals surface area (Å²) in [5.41, 5.74) is 6.35. The molecule has 0 saturated carbocycles. The molecule has 5 nitrogen and oxygen atoms in total. The van der Waals surface area contributed by atoms with Crippen LogP contribution >= 0.6 is 0 Å². The van der Waals surface area contributed by atoms with Crippen LogP contribution in [-0.2, 0) is 29.0 Å². The van der Waals surface area contributed by atoms with E-state index >= 15 is 0 Å². The number of carboxylic acids is 1. The Hall–Kier alpha value is -2.66. The molecule has 1 fully saturated rings. The molecule has 176 valence electrons. The fourth-order valence-electron chi connectivity index (χ4n) is 5.20. The first-order valence-electron chi connectivity index (χ1n) is 12.3. The number of carboxylic acid groups (broad SMARTS) is 1. The number of carbonyl (C=O) groups is 2. The first-order valence-corrected chi connectivity index (χ1v) is 12.3. The SMILES string of the molecule is CC(CC(=O)O)CC(=O)N1CCc2cc(-c3ccc(CCN4CCCC4C)cc3)ccc2C1. The third-order valence-electron chi connectivity index (χ3n) is 7.28. The highest BCUT2D eigenvalue weighted by molar-refractivity contribution is 5.78. The summed E-state index contributed by atoms with van der Waals surface area (Å²) >= 11 is 0. The third-order valence-corrected chi connectivity index (χ3v) is 7.28. The van der Waals surface area contributed by atoms with Crippen molar-refractivity contribution in [3.05, 3.63) is 59.2 Å². The molecule has 1 saturated heterocycles. The van der Waals surface area contributed by atoms with Gasteiger partial charge in [0.05, 0.1) is 0 Å². The summed E-state index contributed by atoms with van der Waals surface area (Å²) in [6, 6.07) is 16.3. The Morgan fingerprint density at radius 2 is 1.79 bits per heavy atom. The van der Waals surface area contributed by atoms with E-state index in [0.717, 1.165) is 25.4 Å². The minimum Gasteiger partial charge on any atom is -0.481 e. The van der Waals surface area contributed by atoms with Gasteiger partial charge in [-0.25, -0.2) is 0 Å². The summed E-state index contributed by atoms with van der Waals surface area (Å²) < 4.78 is 0. The Balaban J connectivity index is 1.35. The lowest BCUT2D eigenvalue weighted by molar-refractivity contribution is -0.138. The number of aliphatic carboxylic acids is 1. The molecular weight excluding hydrogens is 412 g/mol. The molecule has 2 aliphatic heterocycles. The topological polar surface area (TPSA) is 60.9 Å². The fraction of sp³-hybridized carbons (Fsp3) is 0.500. The predicted octanol–water partition coefficient (Wildman–Crippen LogP) is 4.77. The number of fused-ring (bicyclic) bond motifs is 1. The van der Waals surface area contributed by atoms with Crippen molar-refractivity contribution in [3.8, 4) is 11.1 Å². The maximum atomic E-state index is 12.6. The lowest BCUT2D eigenvalue weighted by Gasteiger charge is -2.30. The zero-order valence-electron chi connectivity index (χ0n) is 19.9. The Morgan fingerprint density at radius 3 is 2.48 bits per heavy atom. The van der Waals surface area contributed by atoms with Gasteiger partial charge in [0.1, 0.15) is 0 Å². The van der Waals surface area contributed by atoms with Crippen LogP contribution in [0.3, 0.4) is 0 Å². The van der Waals surface area contributed by atoms with Crippen molar-refractivity contribution >= 4 is 11.9 Å². The summed E-state index contributed by atoms with van der Waals surface area (Å²) in [5, 5.41) is 8.93. The number of benzene rings is 2. The van der Waals surface area contributed by atoms with Crippen molar-refractivity contribution < 1.29 is 14.7 Å². The molecule has 0 radical (unpaired) electrons. The molecule has 4 rings (SSSR count). The molecule has 0 aromatic heterocycles.